The van der Waals surface area contributed by atoms with Gasteiger partial charge in [-0.2, -0.15) is 0 Å². The zero-order chi connectivity index (χ0) is 41.3. The highest BCUT2D eigenvalue weighted by Gasteiger charge is 2.50. The molecule has 2 saturated heterocycles. The number of amides is 1. The molecule has 3 aromatic carbocycles. The largest absolute Gasteiger partial charge is 0.382 e. The van der Waals surface area contributed by atoms with Crippen LogP contribution in [0.4, 0.5) is 17.3 Å². The van der Waals surface area contributed by atoms with E-state index in [0.717, 1.165) is 99.8 Å². The summed E-state index contributed by atoms with van der Waals surface area (Å²) in [5.74, 6) is 1.34. The minimum absolute atomic E-state index is 0.120. The first kappa shape index (κ1) is 40.3. The van der Waals surface area contributed by atoms with Gasteiger partial charge in [-0.05, 0) is 103 Å². The highest BCUT2D eigenvalue weighted by molar-refractivity contribution is 5.84. The molecule has 1 aliphatic carbocycles. The molecule has 59 heavy (non-hydrogen) atoms. The minimum atomic E-state index is -0.554. The number of ether oxygens (including phenoxy) is 1. The molecule has 4 heterocycles. The Kier molecular flexibility index (Phi) is 11.4. The summed E-state index contributed by atoms with van der Waals surface area (Å²) < 4.78 is 5.45. The topological polar surface area (TPSA) is 103 Å². The van der Waals surface area contributed by atoms with E-state index >= 15 is 0 Å². The molecule has 1 atom stereocenters. The van der Waals surface area contributed by atoms with Gasteiger partial charge >= 0.3 is 0 Å². The fourth-order valence-electron chi connectivity index (χ4n) is 9.48. The van der Waals surface area contributed by atoms with Crippen LogP contribution in [0.3, 0.4) is 0 Å². The number of aldehydes is 1. The predicted octanol–water partition coefficient (Wildman–Crippen LogP) is 7.45. The molecule has 1 saturated carbocycles. The molecule has 2 N–H and O–H groups in total. The van der Waals surface area contributed by atoms with Gasteiger partial charge in [-0.1, -0.05) is 69.5 Å². The van der Waals surface area contributed by atoms with Gasteiger partial charge in [0.05, 0.1) is 30.9 Å². The lowest BCUT2D eigenvalue weighted by Gasteiger charge is -2.55. The first-order valence-corrected chi connectivity index (χ1v) is 21.2. The number of hydrogen-bond acceptors (Lipinski definition) is 9. The van der Waals surface area contributed by atoms with E-state index in [4.69, 9.17) is 14.7 Å². The Bertz CT molecular complexity index is 2180. The smallest absolute Gasteiger partial charge is 0.242 e. The fourth-order valence-corrected chi connectivity index (χ4v) is 9.48. The maximum atomic E-state index is 12.6. The SMILES string of the molecule is C=CN(C(=C)c1ccc(NC2CC(Cc3ccc(C(C)(C)c4ccc(N5CCc6cnc(N7CC8(COC8)C7)nc6C5)cc4)cc3)C2)cc1C)C(CCC=O)C(=O)NC. The van der Waals surface area contributed by atoms with E-state index in [1.165, 1.54) is 27.9 Å². The third-order valence-corrected chi connectivity index (χ3v) is 13.3. The van der Waals surface area contributed by atoms with Crippen LogP contribution in [-0.2, 0) is 39.1 Å². The number of benzene rings is 3. The Morgan fingerprint density at radius 2 is 1.76 bits per heavy atom. The van der Waals surface area contributed by atoms with Crippen molar-refractivity contribution in [3.05, 3.63) is 131 Å². The van der Waals surface area contributed by atoms with Gasteiger partial charge in [0.25, 0.3) is 0 Å². The van der Waals surface area contributed by atoms with Gasteiger partial charge in [-0.15, -0.1) is 0 Å². The number of hydrogen-bond donors (Lipinski definition) is 2. The summed E-state index contributed by atoms with van der Waals surface area (Å²) in [6.45, 7) is 20.4. The van der Waals surface area contributed by atoms with E-state index in [1.54, 1.807) is 18.1 Å². The summed E-state index contributed by atoms with van der Waals surface area (Å²) in [4.78, 5) is 40.0. The lowest BCUT2D eigenvalue weighted by molar-refractivity contribution is -0.127. The lowest BCUT2D eigenvalue weighted by Crippen LogP contribution is -2.66. The molecule has 1 aromatic heterocycles. The normalized spacial score (nSPS) is 19.7. The van der Waals surface area contributed by atoms with Gasteiger partial charge in [-0.25, -0.2) is 9.97 Å². The first-order valence-electron chi connectivity index (χ1n) is 21.2. The number of aromatic nitrogens is 2. The number of carbonyl (C=O) groups excluding carboxylic acids is 2. The summed E-state index contributed by atoms with van der Waals surface area (Å²) in [5.41, 5.74) is 11.7. The van der Waals surface area contributed by atoms with Crippen LogP contribution in [0.15, 0.2) is 92.3 Å². The summed E-state index contributed by atoms with van der Waals surface area (Å²) in [6.07, 6.45) is 9.48. The molecule has 8 rings (SSSR count). The van der Waals surface area contributed by atoms with Crippen molar-refractivity contribution < 1.29 is 14.3 Å². The Hall–Kier alpha value is -5.48. The number of anilines is 3. The van der Waals surface area contributed by atoms with Crippen molar-refractivity contribution in [3.63, 3.8) is 0 Å². The van der Waals surface area contributed by atoms with Crippen LogP contribution in [0, 0.1) is 18.3 Å². The Balaban J connectivity index is 0.820. The van der Waals surface area contributed by atoms with Gasteiger partial charge in [0.15, 0.2) is 0 Å². The van der Waals surface area contributed by atoms with Crippen LogP contribution in [0.2, 0.25) is 0 Å². The van der Waals surface area contributed by atoms with E-state index in [-0.39, 0.29) is 17.7 Å². The third-order valence-electron chi connectivity index (χ3n) is 13.3. The Morgan fingerprint density at radius 1 is 1.05 bits per heavy atom. The number of aryl methyl sites for hydroxylation is 1. The first-order chi connectivity index (χ1) is 28.5. The number of fused-ring (bicyclic) bond motifs is 1. The van der Waals surface area contributed by atoms with Crippen molar-refractivity contribution in [2.24, 2.45) is 11.3 Å². The highest BCUT2D eigenvalue weighted by atomic mass is 16.5. The molecule has 4 aliphatic rings. The van der Waals surface area contributed by atoms with Crippen molar-refractivity contribution in [1.29, 1.82) is 0 Å². The zero-order valence-electron chi connectivity index (χ0n) is 35.2. The van der Waals surface area contributed by atoms with Gasteiger partial charge in [-0.3, -0.25) is 4.79 Å². The van der Waals surface area contributed by atoms with Gasteiger partial charge in [0, 0.05) is 73.4 Å². The number of nitrogens with one attached hydrogen (secondary N) is 2. The predicted molar refractivity (Wildman–Crippen MR) is 237 cm³/mol. The second-order valence-electron chi connectivity index (χ2n) is 17.9. The summed E-state index contributed by atoms with van der Waals surface area (Å²) >= 11 is 0. The molecule has 10 nitrogen and oxygen atoms in total. The number of carbonyl (C=O) groups is 2. The van der Waals surface area contributed by atoms with E-state index < -0.39 is 6.04 Å². The second-order valence-corrected chi connectivity index (χ2v) is 17.9. The monoisotopic (exact) mass is 793 g/mol. The molecule has 10 heteroatoms. The standard InChI is InChI=1S/C49H59N7O3/c1-7-56(45(9-8-22-57)46(58)50-6)34(3)43-19-16-40(23-33(43)2)52-41-25-36(26-41)24-35-10-12-38(13-11-35)48(4,5)39-14-17-42(18-15-39)54-21-20-37-27-51-47(53-44(37)28-54)55-29-49(30-55)31-59-32-49/h7,10-19,22-23,27,36,41,45,52H,1,3,8-9,20-21,24-26,28-32H2,2,4-6H3,(H,50,58). The molecule has 1 unspecified atom stereocenters. The second kappa shape index (κ2) is 16.6. The number of nitrogens with zero attached hydrogens (tertiary/aromatic N) is 5. The number of likely N-dealkylation sites (N-methyl/N-ethyl adjacent to an activating group) is 1. The maximum Gasteiger partial charge on any atom is 0.242 e. The van der Waals surface area contributed by atoms with E-state index in [0.29, 0.717) is 29.5 Å². The fraction of sp³-hybridized carbons (Fsp3) is 0.429. The summed E-state index contributed by atoms with van der Waals surface area (Å²) in [6, 6.07) is 24.6. The molecule has 0 radical (unpaired) electrons. The third kappa shape index (κ3) is 8.24. The van der Waals surface area contributed by atoms with E-state index in [9.17, 15) is 9.59 Å². The van der Waals surface area contributed by atoms with Crippen LogP contribution in [0.5, 0.6) is 0 Å². The van der Waals surface area contributed by atoms with E-state index in [1.807, 2.05) is 6.20 Å². The van der Waals surface area contributed by atoms with Gasteiger partial charge in [0.2, 0.25) is 11.9 Å². The molecule has 3 fully saturated rings. The molecule has 3 aliphatic heterocycles. The molecular formula is C49H59N7O3. The van der Waals surface area contributed by atoms with Crippen LogP contribution in [-0.4, -0.2) is 79.0 Å². The van der Waals surface area contributed by atoms with Crippen molar-refractivity contribution in [2.45, 2.75) is 83.3 Å². The van der Waals surface area contributed by atoms with Crippen LogP contribution >= 0.6 is 0 Å². The molecular weight excluding hydrogens is 735 g/mol. The maximum absolute atomic E-state index is 12.6. The Labute approximate surface area is 349 Å². The summed E-state index contributed by atoms with van der Waals surface area (Å²) in [7, 11) is 1.60. The molecule has 4 aromatic rings. The minimum Gasteiger partial charge on any atom is -0.382 e. The van der Waals surface area contributed by atoms with Crippen LogP contribution in [0.25, 0.3) is 5.70 Å². The lowest BCUT2D eigenvalue weighted by atomic mass is 9.75. The average Bonchev–Trinajstić information content (AvgIpc) is 3.20. The van der Waals surface area contributed by atoms with Crippen molar-refractivity contribution >= 4 is 35.2 Å². The average molecular weight is 794 g/mol. The van der Waals surface area contributed by atoms with E-state index in [2.05, 4.69) is 121 Å². The van der Waals surface area contributed by atoms with Gasteiger partial charge in [0.1, 0.15) is 12.3 Å². The highest BCUT2D eigenvalue weighted by Crippen LogP contribution is 2.40. The number of rotatable bonds is 16. The molecule has 1 spiro atoms. The van der Waals surface area contributed by atoms with Crippen molar-refractivity contribution in [2.75, 3.05) is 55.0 Å². The molecule has 1 amide bonds. The molecule has 0 bridgehead atoms. The zero-order valence-corrected chi connectivity index (χ0v) is 35.2. The molecule has 308 valence electrons. The summed E-state index contributed by atoms with van der Waals surface area (Å²) in [5, 5.41) is 6.44. The Morgan fingerprint density at radius 3 is 2.39 bits per heavy atom. The van der Waals surface area contributed by atoms with Crippen LogP contribution in [0.1, 0.15) is 78.6 Å². The van der Waals surface area contributed by atoms with Crippen molar-refractivity contribution in [1.82, 2.24) is 20.2 Å². The van der Waals surface area contributed by atoms with Crippen molar-refractivity contribution in [3.8, 4) is 0 Å². The van der Waals surface area contributed by atoms with Gasteiger partial charge < -0.3 is 34.9 Å². The van der Waals surface area contributed by atoms with Crippen LogP contribution < -0.4 is 20.4 Å². The quantitative estimate of drug-likeness (QED) is 0.112.